The summed E-state index contributed by atoms with van der Waals surface area (Å²) >= 11 is 0. The Morgan fingerprint density at radius 2 is 1.44 bits per heavy atom. The summed E-state index contributed by atoms with van der Waals surface area (Å²) in [5.74, 6) is 2.93. The van der Waals surface area contributed by atoms with Gasteiger partial charge in [0.05, 0.1) is 34.5 Å². The summed E-state index contributed by atoms with van der Waals surface area (Å²) in [6.07, 6.45) is 1.61. The third kappa shape index (κ3) is 4.30. The molecule has 3 rings (SSSR count). The smallest absolute Gasteiger partial charge is 0.161 e. The van der Waals surface area contributed by atoms with E-state index in [1.54, 1.807) is 28.4 Å². The van der Waals surface area contributed by atoms with Crippen molar-refractivity contribution < 1.29 is 18.9 Å². The van der Waals surface area contributed by atoms with Gasteiger partial charge in [-0.05, 0) is 48.7 Å². The first-order valence-electron chi connectivity index (χ1n) is 8.62. The average Bonchev–Trinajstić information content (AvgIpc) is 2.66. The summed E-state index contributed by atoms with van der Waals surface area (Å²) in [4.78, 5) is 4.90. The molecule has 0 amide bonds. The lowest BCUT2D eigenvalue weighted by Gasteiger charge is -2.23. The van der Waals surface area contributed by atoms with Gasteiger partial charge in [0.15, 0.2) is 23.0 Å². The molecular weight excluding hydrogens is 366 g/mol. The number of halogens is 1. The minimum Gasteiger partial charge on any atom is -0.493 e. The second-order valence-corrected chi connectivity index (χ2v) is 6.36. The number of fused-ring (bicyclic) bond motifs is 1. The number of rotatable bonds is 6. The van der Waals surface area contributed by atoms with Crippen LogP contribution in [0.4, 0.5) is 0 Å². The van der Waals surface area contributed by atoms with E-state index in [-0.39, 0.29) is 18.4 Å². The maximum atomic E-state index is 5.48. The number of methoxy groups -OCH3 is 4. The second-order valence-electron chi connectivity index (χ2n) is 6.36. The molecule has 1 heterocycles. The molecule has 1 aliphatic heterocycles. The Kier molecular flexibility index (Phi) is 6.97. The Morgan fingerprint density at radius 1 is 0.852 bits per heavy atom. The van der Waals surface area contributed by atoms with Crippen molar-refractivity contribution in [3.63, 3.8) is 0 Å². The Morgan fingerprint density at radius 3 is 2.07 bits per heavy atom. The zero-order chi connectivity index (χ0) is 18.7. The van der Waals surface area contributed by atoms with Gasteiger partial charge in [-0.15, -0.1) is 12.4 Å². The van der Waals surface area contributed by atoms with Crippen LogP contribution in [-0.2, 0) is 12.8 Å². The van der Waals surface area contributed by atoms with Crippen molar-refractivity contribution in [3.8, 4) is 23.0 Å². The van der Waals surface area contributed by atoms with Crippen molar-refractivity contribution in [1.82, 2.24) is 0 Å². The Balaban J connectivity index is 0.00000261. The van der Waals surface area contributed by atoms with Crippen molar-refractivity contribution in [2.75, 3.05) is 28.4 Å². The predicted octanol–water partition coefficient (Wildman–Crippen LogP) is 4.12. The van der Waals surface area contributed by atoms with Crippen LogP contribution in [0.2, 0.25) is 0 Å². The highest BCUT2D eigenvalue weighted by Gasteiger charge is 2.22. The standard InChI is InChI=1S/C21H25NO4.ClH/c1-13-8-15-11-20(25-4)21(26-5)12-16(15)17(22-13)9-14-6-7-18(23-2)19(10-14)24-3;/h6-7,10-13H,8-9H2,1-5H3;1H. The van der Waals surface area contributed by atoms with Gasteiger partial charge in [0, 0.05) is 17.7 Å². The highest BCUT2D eigenvalue weighted by Crippen LogP contribution is 2.35. The van der Waals surface area contributed by atoms with Crippen molar-refractivity contribution in [3.05, 3.63) is 47.0 Å². The molecule has 0 aromatic heterocycles. The van der Waals surface area contributed by atoms with Crippen molar-refractivity contribution in [1.29, 1.82) is 0 Å². The molecule has 0 bridgehead atoms. The third-order valence-corrected chi connectivity index (χ3v) is 4.63. The van der Waals surface area contributed by atoms with Gasteiger partial charge in [0.2, 0.25) is 0 Å². The Hall–Kier alpha value is -2.40. The molecule has 0 N–H and O–H groups in total. The Bertz CT molecular complexity index is 835. The topological polar surface area (TPSA) is 49.3 Å². The molecule has 0 saturated carbocycles. The van der Waals surface area contributed by atoms with E-state index in [4.69, 9.17) is 23.9 Å². The van der Waals surface area contributed by atoms with E-state index in [9.17, 15) is 0 Å². The highest BCUT2D eigenvalue weighted by molar-refractivity contribution is 6.04. The summed E-state index contributed by atoms with van der Waals surface area (Å²) < 4.78 is 21.7. The second kappa shape index (κ2) is 9.00. The minimum atomic E-state index is 0. The van der Waals surface area contributed by atoms with Crippen LogP contribution in [0, 0.1) is 0 Å². The Labute approximate surface area is 166 Å². The fourth-order valence-corrected chi connectivity index (χ4v) is 3.38. The molecule has 1 aliphatic rings. The van der Waals surface area contributed by atoms with Crippen LogP contribution in [-0.4, -0.2) is 40.2 Å². The van der Waals surface area contributed by atoms with E-state index in [1.165, 1.54) is 5.56 Å². The maximum Gasteiger partial charge on any atom is 0.161 e. The van der Waals surface area contributed by atoms with Crippen LogP contribution >= 0.6 is 12.4 Å². The molecule has 5 nitrogen and oxygen atoms in total. The molecule has 0 spiro atoms. The number of aliphatic imine (C=N–C) groups is 1. The first-order chi connectivity index (χ1) is 12.6. The van der Waals surface area contributed by atoms with Gasteiger partial charge in [-0.2, -0.15) is 0 Å². The molecule has 27 heavy (non-hydrogen) atoms. The van der Waals surface area contributed by atoms with Gasteiger partial charge in [0.1, 0.15) is 0 Å². The van der Waals surface area contributed by atoms with Crippen molar-refractivity contribution in [2.24, 2.45) is 4.99 Å². The molecule has 0 saturated heterocycles. The number of hydrogen-bond acceptors (Lipinski definition) is 5. The van der Waals surface area contributed by atoms with Gasteiger partial charge in [-0.25, -0.2) is 0 Å². The minimum absolute atomic E-state index is 0. The van der Waals surface area contributed by atoms with Crippen LogP contribution in [0.25, 0.3) is 0 Å². The van der Waals surface area contributed by atoms with Crippen molar-refractivity contribution in [2.45, 2.75) is 25.8 Å². The number of hydrogen-bond donors (Lipinski definition) is 0. The van der Waals surface area contributed by atoms with Gasteiger partial charge < -0.3 is 18.9 Å². The zero-order valence-corrected chi connectivity index (χ0v) is 17.2. The fraction of sp³-hybridized carbons (Fsp3) is 0.381. The van der Waals surface area contributed by atoms with Crippen LogP contribution in [0.3, 0.4) is 0 Å². The molecule has 1 atom stereocenters. The van der Waals surface area contributed by atoms with Crippen LogP contribution < -0.4 is 18.9 Å². The quantitative estimate of drug-likeness (QED) is 0.743. The first-order valence-corrected chi connectivity index (χ1v) is 8.62. The molecule has 1 unspecified atom stereocenters. The SMILES string of the molecule is COc1ccc(CC2=NC(C)Cc3cc(OC)c(OC)cc32)cc1OC.Cl. The summed E-state index contributed by atoms with van der Waals surface area (Å²) in [6.45, 7) is 2.13. The first kappa shape index (κ1) is 20.9. The monoisotopic (exact) mass is 391 g/mol. The summed E-state index contributed by atoms with van der Waals surface area (Å²) in [7, 11) is 6.60. The molecule has 0 aliphatic carbocycles. The van der Waals surface area contributed by atoms with E-state index in [2.05, 4.69) is 13.0 Å². The molecule has 0 fully saturated rings. The maximum absolute atomic E-state index is 5.48. The molecular formula is C21H26ClNO4. The number of benzene rings is 2. The highest BCUT2D eigenvalue weighted by atomic mass is 35.5. The molecule has 2 aromatic carbocycles. The normalized spacial score (nSPS) is 15.1. The summed E-state index contributed by atoms with van der Waals surface area (Å²) in [5, 5.41) is 0. The molecule has 2 aromatic rings. The molecule has 6 heteroatoms. The predicted molar refractivity (Wildman–Crippen MR) is 110 cm³/mol. The lowest BCUT2D eigenvalue weighted by Crippen LogP contribution is -2.20. The molecule has 0 radical (unpaired) electrons. The van der Waals surface area contributed by atoms with Crippen molar-refractivity contribution >= 4 is 18.1 Å². The van der Waals surface area contributed by atoms with Gasteiger partial charge in [-0.3, -0.25) is 4.99 Å². The van der Waals surface area contributed by atoms with Gasteiger partial charge in [0.25, 0.3) is 0 Å². The summed E-state index contributed by atoms with van der Waals surface area (Å²) in [6, 6.07) is 10.3. The van der Waals surface area contributed by atoms with Crippen LogP contribution in [0.5, 0.6) is 23.0 Å². The fourth-order valence-electron chi connectivity index (χ4n) is 3.38. The average molecular weight is 392 g/mol. The van der Waals surface area contributed by atoms with E-state index < -0.39 is 0 Å². The lowest BCUT2D eigenvalue weighted by molar-refractivity contribution is 0.354. The van der Waals surface area contributed by atoms with Gasteiger partial charge >= 0.3 is 0 Å². The van der Waals surface area contributed by atoms with E-state index >= 15 is 0 Å². The zero-order valence-electron chi connectivity index (χ0n) is 16.4. The van der Waals surface area contributed by atoms with Crippen LogP contribution in [0.15, 0.2) is 35.3 Å². The summed E-state index contributed by atoms with van der Waals surface area (Å²) in [5.41, 5.74) is 4.53. The number of ether oxygens (including phenoxy) is 4. The van der Waals surface area contributed by atoms with Gasteiger partial charge in [-0.1, -0.05) is 6.07 Å². The van der Waals surface area contributed by atoms with E-state index in [0.717, 1.165) is 46.3 Å². The largest absolute Gasteiger partial charge is 0.493 e. The molecule has 146 valence electrons. The third-order valence-electron chi connectivity index (χ3n) is 4.63. The van der Waals surface area contributed by atoms with Crippen LogP contribution in [0.1, 0.15) is 23.6 Å². The van der Waals surface area contributed by atoms with E-state index in [1.807, 2.05) is 24.3 Å². The lowest BCUT2D eigenvalue weighted by atomic mass is 9.90. The van der Waals surface area contributed by atoms with E-state index in [0.29, 0.717) is 6.42 Å². The number of nitrogens with zero attached hydrogens (tertiary/aromatic N) is 1.